The Morgan fingerprint density at radius 3 is 2.81 bits per heavy atom. The highest BCUT2D eigenvalue weighted by molar-refractivity contribution is 5.82. The molecule has 0 aromatic rings. The predicted molar refractivity (Wildman–Crippen MR) is 64.3 cm³/mol. The molecule has 0 radical (unpaired) electrons. The molecule has 0 bridgehead atoms. The molecule has 16 heavy (non-hydrogen) atoms. The van der Waals surface area contributed by atoms with Gasteiger partial charge in [-0.05, 0) is 52.2 Å². The Bertz CT molecular complexity index is 238. The zero-order valence-electron chi connectivity index (χ0n) is 10.2. The van der Waals surface area contributed by atoms with Gasteiger partial charge in [-0.1, -0.05) is 0 Å². The maximum atomic E-state index is 11.9. The van der Waals surface area contributed by atoms with Crippen molar-refractivity contribution in [1.82, 2.24) is 15.5 Å². The third kappa shape index (κ3) is 2.55. The van der Waals surface area contributed by atoms with Crippen molar-refractivity contribution in [3.05, 3.63) is 0 Å². The molecule has 0 aromatic carbocycles. The van der Waals surface area contributed by atoms with Gasteiger partial charge in [-0.2, -0.15) is 0 Å². The molecule has 4 nitrogen and oxygen atoms in total. The second kappa shape index (κ2) is 5.64. The molecule has 92 valence electrons. The molecule has 0 aromatic heterocycles. The number of carbonyl (C=O) groups excluding carboxylic acids is 1. The molecule has 1 amide bonds. The molecular weight excluding hydrogens is 202 g/mol. The summed E-state index contributed by atoms with van der Waals surface area (Å²) in [6, 6.07) is 0.763. The van der Waals surface area contributed by atoms with Gasteiger partial charge in [0.2, 0.25) is 5.91 Å². The first kappa shape index (κ1) is 11.9. The van der Waals surface area contributed by atoms with E-state index in [4.69, 9.17) is 0 Å². The highest BCUT2D eigenvalue weighted by Gasteiger charge is 2.35. The third-order valence-corrected chi connectivity index (χ3v) is 3.73. The number of likely N-dealkylation sites (N-methyl/N-ethyl adjacent to an activating group) is 1. The number of piperidine rings is 1. The van der Waals surface area contributed by atoms with E-state index in [-0.39, 0.29) is 11.9 Å². The lowest BCUT2D eigenvalue weighted by molar-refractivity contribution is -0.126. The maximum Gasteiger partial charge on any atom is 0.237 e. The lowest BCUT2D eigenvalue weighted by Crippen LogP contribution is -2.50. The molecule has 2 aliphatic heterocycles. The van der Waals surface area contributed by atoms with Crippen molar-refractivity contribution < 1.29 is 4.79 Å². The quantitative estimate of drug-likeness (QED) is 0.728. The van der Waals surface area contributed by atoms with E-state index in [2.05, 4.69) is 15.5 Å². The Morgan fingerprint density at radius 2 is 2.12 bits per heavy atom. The van der Waals surface area contributed by atoms with Crippen LogP contribution in [0, 0.1) is 0 Å². The van der Waals surface area contributed by atoms with Crippen LogP contribution in [0.25, 0.3) is 0 Å². The van der Waals surface area contributed by atoms with Crippen LogP contribution in [-0.2, 0) is 4.79 Å². The average Bonchev–Trinajstić information content (AvgIpc) is 2.79. The van der Waals surface area contributed by atoms with Crippen LogP contribution in [-0.4, -0.2) is 49.1 Å². The van der Waals surface area contributed by atoms with Gasteiger partial charge < -0.3 is 10.6 Å². The van der Waals surface area contributed by atoms with Crippen molar-refractivity contribution >= 4 is 5.91 Å². The Balaban J connectivity index is 1.93. The molecule has 2 heterocycles. The molecule has 2 aliphatic rings. The molecule has 2 fully saturated rings. The van der Waals surface area contributed by atoms with Gasteiger partial charge in [-0.25, -0.2) is 0 Å². The normalized spacial score (nSPS) is 28.2. The Hall–Kier alpha value is -0.610. The topological polar surface area (TPSA) is 44.4 Å². The molecule has 0 aliphatic carbocycles. The van der Waals surface area contributed by atoms with E-state index in [0.717, 1.165) is 32.6 Å². The second-order valence-corrected chi connectivity index (χ2v) is 4.77. The summed E-state index contributed by atoms with van der Waals surface area (Å²) in [5.74, 6) is 0.235. The van der Waals surface area contributed by atoms with E-state index in [0.29, 0.717) is 6.04 Å². The number of hydrogen-bond acceptors (Lipinski definition) is 3. The van der Waals surface area contributed by atoms with Gasteiger partial charge >= 0.3 is 0 Å². The SMILES string of the molecule is CCNC(=O)[C@H]1CCCN1C1CCNCC1. The largest absolute Gasteiger partial charge is 0.355 e. The minimum absolute atomic E-state index is 0.142. The fourth-order valence-corrected chi connectivity index (χ4v) is 2.94. The van der Waals surface area contributed by atoms with Gasteiger partial charge in [0, 0.05) is 12.6 Å². The monoisotopic (exact) mass is 225 g/mol. The van der Waals surface area contributed by atoms with Gasteiger partial charge in [-0.3, -0.25) is 9.69 Å². The van der Waals surface area contributed by atoms with Crippen molar-refractivity contribution in [3.63, 3.8) is 0 Å². The second-order valence-electron chi connectivity index (χ2n) is 4.77. The van der Waals surface area contributed by atoms with Gasteiger partial charge in [0.05, 0.1) is 6.04 Å². The predicted octanol–water partition coefficient (Wildman–Crippen LogP) is 0.339. The van der Waals surface area contributed by atoms with E-state index in [1.807, 2.05) is 6.92 Å². The first-order valence-electron chi connectivity index (χ1n) is 6.57. The van der Waals surface area contributed by atoms with Crippen molar-refractivity contribution in [2.45, 2.75) is 44.7 Å². The van der Waals surface area contributed by atoms with Crippen LogP contribution in [0.1, 0.15) is 32.6 Å². The number of nitrogens with one attached hydrogen (secondary N) is 2. The molecule has 0 spiro atoms. The number of carbonyl (C=O) groups is 1. The summed E-state index contributed by atoms with van der Waals surface area (Å²) in [7, 11) is 0. The van der Waals surface area contributed by atoms with Crippen LogP contribution in [0.15, 0.2) is 0 Å². The Morgan fingerprint density at radius 1 is 1.38 bits per heavy atom. The van der Waals surface area contributed by atoms with Gasteiger partial charge in [0.15, 0.2) is 0 Å². The van der Waals surface area contributed by atoms with Crippen LogP contribution < -0.4 is 10.6 Å². The summed E-state index contributed by atoms with van der Waals surface area (Å²) < 4.78 is 0. The van der Waals surface area contributed by atoms with Crippen molar-refractivity contribution in [2.24, 2.45) is 0 Å². The zero-order chi connectivity index (χ0) is 11.4. The summed E-state index contributed by atoms with van der Waals surface area (Å²) in [4.78, 5) is 14.4. The first-order valence-corrected chi connectivity index (χ1v) is 6.57. The fourth-order valence-electron chi connectivity index (χ4n) is 2.94. The van der Waals surface area contributed by atoms with Crippen LogP contribution >= 0.6 is 0 Å². The highest BCUT2D eigenvalue weighted by Crippen LogP contribution is 2.24. The van der Waals surface area contributed by atoms with Crippen LogP contribution in [0.2, 0.25) is 0 Å². The van der Waals surface area contributed by atoms with Crippen LogP contribution in [0.5, 0.6) is 0 Å². The van der Waals surface area contributed by atoms with Gasteiger partial charge in [0.1, 0.15) is 0 Å². The average molecular weight is 225 g/mol. The Labute approximate surface area is 97.8 Å². The van der Waals surface area contributed by atoms with Crippen LogP contribution in [0.4, 0.5) is 0 Å². The molecule has 2 rings (SSSR count). The van der Waals surface area contributed by atoms with Crippen molar-refractivity contribution in [3.8, 4) is 0 Å². The third-order valence-electron chi connectivity index (χ3n) is 3.73. The molecule has 0 saturated carbocycles. The number of likely N-dealkylation sites (tertiary alicyclic amines) is 1. The van der Waals surface area contributed by atoms with E-state index in [1.54, 1.807) is 0 Å². The van der Waals surface area contributed by atoms with Crippen LogP contribution in [0.3, 0.4) is 0 Å². The summed E-state index contributed by atoms with van der Waals surface area (Å²) in [6.07, 6.45) is 4.59. The highest BCUT2D eigenvalue weighted by atomic mass is 16.2. The summed E-state index contributed by atoms with van der Waals surface area (Å²) >= 11 is 0. The first-order chi connectivity index (χ1) is 7.83. The Kier molecular flexibility index (Phi) is 4.18. The van der Waals surface area contributed by atoms with E-state index >= 15 is 0 Å². The number of hydrogen-bond donors (Lipinski definition) is 2. The van der Waals surface area contributed by atoms with Gasteiger partial charge in [-0.15, -0.1) is 0 Å². The lowest BCUT2D eigenvalue weighted by atomic mass is 10.0. The standard InChI is InChI=1S/C12H23N3O/c1-2-14-12(16)11-4-3-9-15(11)10-5-7-13-8-6-10/h10-11,13H,2-9H2,1H3,(H,14,16)/t11-/m1/s1. The zero-order valence-corrected chi connectivity index (χ0v) is 10.2. The maximum absolute atomic E-state index is 11.9. The van der Waals surface area contributed by atoms with Gasteiger partial charge in [0.25, 0.3) is 0 Å². The molecule has 2 N–H and O–H groups in total. The fraction of sp³-hybridized carbons (Fsp3) is 0.917. The summed E-state index contributed by atoms with van der Waals surface area (Å²) in [5.41, 5.74) is 0. The molecule has 1 atom stereocenters. The summed E-state index contributed by atoms with van der Waals surface area (Å²) in [6.45, 7) is 6.04. The number of rotatable bonds is 3. The number of amides is 1. The van der Waals surface area contributed by atoms with Crippen molar-refractivity contribution in [1.29, 1.82) is 0 Å². The van der Waals surface area contributed by atoms with Crippen molar-refractivity contribution in [2.75, 3.05) is 26.2 Å². The lowest BCUT2D eigenvalue weighted by Gasteiger charge is -2.35. The minimum Gasteiger partial charge on any atom is -0.355 e. The molecular formula is C12H23N3O. The molecule has 0 unspecified atom stereocenters. The number of nitrogens with zero attached hydrogens (tertiary/aromatic N) is 1. The van der Waals surface area contributed by atoms with E-state index < -0.39 is 0 Å². The summed E-state index contributed by atoms with van der Waals surface area (Å²) in [5, 5.41) is 6.34. The molecule has 4 heteroatoms. The van der Waals surface area contributed by atoms with E-state index in [1.165, 1.54) is 19.3 Å². The molecule has 2 saturated heterocycles. The minimum atomic E-state index is 0.142. The smallest absolute Gasteiger partial charge is 0.237 e. The van der Waals surface area contributed by atoms with E-state index in [9.17, 15) is 4.79 Å².